The van der Waals surface area contributed by atoms with E-state index in [-0.39, 0.29) is 30.0 Å². The molecule has 7 nitrogen and oxygen atoms in total. The quantitative estimate of drug-likeness (QED) is 0.598. The van der Waals surface area contributed by atoms with Crippen LogP contribution in [-0.4, -0.2) is 49.2 Å². The zero-order chi connectivity index (χ0) is 20.5. The number of urea groups is 1. The number of amides is 3. The average molecular weight is 399 g/mol. The van der Waals surface area contributed by atoms with Crippen LogP contribution in [-0.2, 0) is 11.3 Å². The molecule has 0 unspecified atom stereocenters. The van der Waals surface area contributed by atoms with E-state index in [4.69, 9.17) is 4.74 Å². The molecule has 0 heterocycles. The lowest BCUT2D eigenvalue weighted by atomic mass is 10.2. The summed E-state index contributed by atoms with van der Waals surface area (Å²) in [6.45, 7) is 2.06. The number of alkyl halides is 2. The van der Waals surface area contributed by atoms with E-state index in [1.807, 2.05) is 11.8 Å². The van der Waals surface area contributed by atoms with Crippen LogP contribution in [0.5, 0.6) is 11.5 Å². The molecule has 0 saturated heterocycles. The molecular formula is C19H27F2N3O4. The molecule has 0 aliphatic heterocycles. The summed E-state index contributed by atoms with van der Waals surface area (Å²) >= 11 is 0. The van der Waals surface area contributed by atoms with Gasteiger partial charge in [-0.05, 0) is 43.9 Å². The van der Waals surface area contributed by atoms with E-state index in [2.05, 4.69) is 15.4 Å². The molecule has 3 amide bonds. The molecule has 1 aliphatic carbocycles. The number of nitrogens with one attached hydrogen (secondary N) is 2. The first kappa shape index (κ1) is 21.9. The van der Waals surface area contributed by atoms with Crippen molar-refractivity contribution in [2.24, 2.45) is 0 Å². The number of benzene rings is 1. The Morgan fingerprint density at radius 2 is 2.00 bits per heavy atom. The number of carbonyl (C=O) groups is 2. The van der Waals surface area contributed by atoms with Crippen molar-refractivity contribution in [1.82, 2.24) is 15.5 Å². The predicted molar refractivity (Wildman–Crippen MR) is 99.5 cm³/mol. The molecule has 2 N–H and O–H groups in total. The number of imide groups is 1. The van der Waals surface area contributed by atoms with Gasteiger partial charge in [0, 0.05) is 19.1 Å². The highest BCUT2D eigenvalue weighted by Crippen LogP contribution is 2.32. The molecule has 0 radical (unpaired) electrons. The molecule has 28 heavy (non-hydrogen) atoms. The van der Waals surface area contributed by atoms with Crippen LogP contribution in [0.15, 0.2) is 18.2 Å². The van der Waals surface area contributed by atoms with E-state index >= 15 is 0 Å². The van der Waals surface area contributed by atoms with Gasteiger partial charge >= 0.3 is 12.6 Å². The summed E-state index contributed by atoms with van der Waals surface area (Å²) in [7, 11) is 0. The van der Waals surface area contributed by atoms with E-state index in [0.29, 0.717) is 19.7 Å². The van der Waals surface area contributed by atoms with Gasteiger partial charge in [-0.1, -0.05) is 13.0 Å². The average Bonchev–Trinajstić information content (AvgIpc) is 3.46. The SMILES string of the molecule is CCCNC(=O)NC(=O)CN(Cc1ccc(OC(F)F)c(OCC)c1)C1CC1. The summed E-state index contributed by atoms with van der Waals surface area (Å²) < 4.78 is 34.9. The van der Waals surface area contributed by atoms with Gasteiger partial charge in [0.15, 0.2) is 11.5 Å². The van der Waals surface area contributed by atoms with Crippen molar-refractivity contribution >= 4 is 11.9 Å². The van der Waals surface area contributed by atoms with Crippen molar-refractivity contribution < 1.29 is 27.8 Å². The van der Waals surface area contributed by atoms with Crippen LogP contribution in [0.25, 0.3) is 0 Å². The second-order valence-electron chi connectivity index (χ2n) is 6.53. The largest absolute Gasteiger partial charge is 0.490 e. The third-order valence-corrected chi connectivity index (χ3v) is 4.11. The highest BCUT2D eigenvalue weighted by atomic mass is 19.3. The molecule has 0 spiro atoms. The van der Waals surface area contributed by atoms with E-state index in [0.717, 1.165) is 24.8 Å². The van der Waals surface area contributed by atoms with Gasteiger partial charge in [-0.25, -0.2) is 4.79 Å². The number of hydrogen-bond acceptors (Lipinski definition) is 5. The lowest BCUT2D eigenvalue weighted by molar-refractivity contribution is -0.121. The molecule has 1 fully saturated rings. The highest BCUT2D eigenvalue weighted by molar-refractivity contribution is 5.95. The molecule has 2 rings (SSSR count). The summed E-state index contributed by atoms with van der Waals surface area (Å²) in [5.74, 6) is -0.174. The summed E-state index contributed by atoms with van der Waals surface area (Å²) in [5.41, 5.74) is 0.806. The van der Waals surface area contributed by atoms with Gasteiger partial charge in [-0.2, -0.15) is 8.78 Å². The van der Waals surface area contributed by atoms with Gasteiger partial charge in [0.2, 0.25) is 5.91 Å². The molecule has 1 aliphatic rings. The maximum absolute atomic E-state index is 12.5. The fourth-order valence-corrected chi connectivity index (χ4v) is 2.73. The standard InChI is InChI=1S/C19H27F2N3O4/c1-3-9-22-19(26)23-17(25)12-24(14-6-7-14)11-13-5-8-15(28-18(20)21)16(10-13)27-4-2/h5,8,10,14,18H,3-4,6-7,9,11-12H2,1-2H3,(H2,22,23,25,26). The van der Waals surface area contributed by atoms with E-state index in [1.54, 1.807) is 19.1 Å². The van der Waals surface area contributed by atoms with Gasteiger partial charge in [-0.15, -0.1) is 0 Å². The van der Waals surface area contributed by atoms with E-state index in [1.165, 1.54) is 6.07 Å². The Morgan fingerprint density at radius 3 is 2.61 bits per heavy atom. The third-order valence-electron chi connectivity index (χ3n) is 4.11. The van der Waals surface area contributed by atoms with Crippen molar-refractivity contribution in [3.05, 3.63) is 23.8 Å². The lowest BCUT2D eigenvalue weighted by Crippen LogP contribution is -2.45. The van der Waals surface area contributed by atoms with E-state index in [9.17, 15) is 18.4 Å². The molecule has 1 saturated carbocycles. The number of nitrogens with zero attached hydrogens (tertiary/aromatic N) is 1. The highest BCUT2D eigenvalue weighted by Gasteiger charge is 2.30. The smallest absolute Gasteiger partial charge is 0.387 e. The van der Waals surface area contributed by atoms with Crippen molar-refractivity contribution in [1.29, 1.82) is 0 Å². The first-order valence-electron chi connectivity index (χ1n) is 9.45. The van der Waals surface area contributed by atoms with Crippen molar-refractivity contribution in [3.63, 3.8) is 0 Å². The monoisotopic (exact) mass is 399 g/mol. The molecular weight excluding hydrogens is 372 g/mol. The summed E-state index contributed by atoms with van der Waals surface area (Å²) in [6.07, 6.45) is 2.73. The molecule has 0 bridgehead atoms. The fourth-order valence-electron chi connectivity index (χ4n) is 2.73. The molecule has 1 aromatic rings. The molecule has 0 atom stereocenters. The first-order valence-corrected chi connectivity index (χ1v) is 9.45. The predicted octanol–water partition coefficient (Wildman–Crippen LogP) is 2.89. The number of hydrogen-bond donors (Lipinski definition) is 2. The van der Waals surface area contributed by atoms with Gasteiger partial charge in [0.05, 0.1) is 13.2 Å². The Hall–Kier alpha value is -2.42. The number of carbonyl (C=O) groups excluding carboxylic acids is 2. The van der Waals surface area contributed by atoms with Crippen molar-refractivity contribution in [2.45, 2.75) is 52.3 Å². The number of rotatable bonds is 11. The maximum atomic E-state index is 12.5. The van der Waals surface area contributed by atoms with E-state index < -0.39 is 12.6 Å². The van der Waals surface area contributed by atoms with Crippen LogP contribution in [0.2, 0.25) is 0 Å². The van der Waals surface area contributed by atoms with Crippen LogP contribution in [0.3, 0.4) is 0 Å². The second kappa shape index (κ2) is 10.8. The Bertz CT molecular complexity index is 669. The summed E-state index contributed by atoms with van der Waals surface area (Å²) in [5, 5.41) is 4.91. The molecule has 9 heteroatoms. The molecule has 1 aromatic carbocycles. The summed E-state index contributed by atoms with van der Waals surface area (Å²) in [6, 6.07) is 4.51. The second-order valence-corrected chi connectivity index (χ2v) is 6.53. The number of ether oxygens (including phenoxy) is 2. The minimum atomic E-state index is -2.93. The molecule has 0 aromatic heterocycles. The van der Waals surface area contributed by atoms with Crippen LogP contribution >= 0.6 is 0 Å². The minimum Gasteiger partial charge on any atom is -0.490 e. The van der Waals surface area contributed by atoms with Gasteiger partial charge in [0.1, 0.15) is 0 Å². The minimum absolute atomic E-state index is 0.0242. The lowest BCUT2D eigenvalue weighted by Gasteiger charge is -2.22. The van der Waals surface area contributed by atoms with Crippen LogP contribution in [0.1, 0.15) is 38.7 Å². The van der Waals surface area contributed by atoms with Gasteiger partial charge < -0.3 is 14.8 Å². The number of halogens is 2. The van der Waals surface area contributed by atoms with Crippen LogP contribution in [0, 0.1) is 0 Å². The molecule has 156 valence electrons. The third kappa shape index (κ3) is 7.30. The Kier molecular flexibility index (Phi) is 8.43. The Labute approximate surface area is 163 Å². The summed E-state index contributed by atoms with van der Waals surface area (Å²) in [4.78, 5) is 25.7. The first-order chi connectivity index (χ1) is 13.4. The zero-order valence-corrected chi connectivity index (χ0v) is 16.2. The normalized spacial score (nSPS) is 13.5. The maximum Gasteiger partial charge on any atom is 0.387 e. The van der Waals surface area contributed by atoms with Crippen LogP contribution in [0.4, 0.5) is 13.6 Å². The van der Waals surface area contributed by atoms with Crippen LogP contribution < -0.4 is 20.1 Å². The zero-order valence-electron chi connectivity index (χ0n) is 16.2. The van der Waals surface area contributed by atoms with Gasteiger partial charge in [-0.3, -0.25) is 15.0 Å². The van der Waals surface area contributed by atoms with Crippen molar-refractivity contribution in [2.75, 3.05) is 19.7 Å². The Morgan fingerprint density at radius 1 is 1.25 bits per heavy atom. The van der Waals surface area contributed by atoms with Crippen molar-refractivity contribution in [3.8, 4) is 11.5 Å². The fraction of sp³-hybridized carbons (Fsp3) is 0.579. The Balaban J connectivity index is 2.00. The topological polar surface area (TPSA) is 79.9 Å². The van der Waals surface area contributed by atoms with Gasteiger partial charge in [0.25, 0.3) is 0 Å².